The summed E-state index contributed by atoms with van der Waals surface area (Å²) < 4.78 is 16.1. The fourth-order valence-electron chi connectivity index (χ4n) is 3.95. The highest BCUT2D eigenvalue weighted by Crippen LogP contribution is 2.38. The van der Waals surface area contributed by atoms with Crippen molar-refractivity contribution in [2.75, 3.05) is 41.0 Å². The second kappa shape index (κ2) is 11.7. The topological polar surface area (TPSA) is 80.7 Å². The van der Waals surface area contributed by atoms with E-state index in [1.807, 2.05) is 56.5 Å². The minimum absolute atomic E-state index is 0.0662. The molecule has 2 amide bonds. The molecule has 1 aromatic heterocycles. The molecule has 0 spiro atoms. The zero-order valence-electron chi connectivity index (χ0n) is 21.4. The Kier molecular flexibility index (Phi) is 8.91. The Labute approximate surface area is 211 Å². The highest BCUT2D eigenvalue weighted by atomic mass is 32.1. The number of methoxy groups -OCH3 is 3. The average Bonchev–Trinajstić information content (AvgIpc) is 3.50. The number of carbonyl (C=O) groups excluding carboxylic acids is 2. The van der Waals surface area contributed by atoms with Gasteiger partial charge < -0.3 is 19.1 Å². The maximum absolute atomic E-state index is 13.6. The first-order chi connectivity index (χ1) is 16.7. The van der Waals surface area contributed by atoms with Crippen molar-refractivity contribution < 1.29 is 23.8 Å². The zero-order chi connectivity index (χ0) is 25.6. The van der Waals surface area contributed by atoms with Crippen LogP contribution in [0, 0.1) is 5.41 Å². The van der Waals surface area contributed by atoms with Crippen LogP contribution in [0.25, 0.3) is 0 Å². The Balaban J connectivity index is 1.90. The van der Waals surface area contributed by atoms with Crippen molar-refractivity contribution in [1.29, 1.82) is 0 Å². The molecule has 0 radical (unpaired) electrons. The van der Waals surface area contributed by atoms with E-state index >= 15 is 0 Å². The van der Waals surface area contributed by atoms with Crippen LogP contribution in [0.5, 0.6) is 11.5 Å². The summed E-state index contributed by atoms with van der Waals surface area (Å²) in [5, 5.41) is 8.23. The van der Waals surface area contributed by atoms with Crippen molar-refractivity contribution in [3.05, 3.63) is 46.2 Å². The van der Waals surface area contributed by atoms with Gasteiger partial charge in [0.25, 0.3) is 5.91 Å². The van der Waals surface area contributed by atoms with Crippen molar-refractivity contribution in [1.82, 2.24) is 9.91 Å². The molecule has 35 heavy (non-hydrogen) atoms. The molecule has 0 N–H and O–H groups in total. The molecule has 8 nitrogen and oxygen atoms in total. The van der Waals surface area contributed by atoms with Gasteiger partial charge >= 0.3 is 0 Å². The standard InChI is InChI=1S/C26H35N3O5S/c1-26(2,3)16-24(30)28(11-12-32-4)17-25(31)29-20(15-19(27-29)23-8-7-13-35-23)18-9-10-21(33-5)22(14-18)34-6/h7-10,13-14,20H,11-12,15-17H2,1-6H3/t20-/m1/s1. The van der Waals surface area contributed by atoms with Crippen molar-refractivity contribution >= 4 is 28.9 Å². The Morgan fingerprint density at radius 3 is 2.49 bits per heavy atom. The van der Waals surface area contributed by atoms with E-state index in [0.29, 0.717) is 37.5 Å². The van der Waals surface area contributed by atoms with Gasteiger partial charge in [-0.15, -0.1) is 11.3 Å². The molecule has 0 fully saturated rings. The highest BCUT2D eigenvalue weighted by Gasteiger charge is 2.35. The quantitative estimate of drug-likeness (QED) is 0.483. The summed E-state index contributed by atoms with van der Waals surface area (Å²) >= 11 is 1.59. The molecule has 2 aromatic rings. The third kappa shape index (κ3) is 6.82. The van der Waals surface area contributed by atoms with Gasteiger partial charge in [0, 0.05) is 26.5 Å². The molecule has 0 bridgehead atoms. The highest BCUT2D eigenvalue weighted by molar-refractivity contribution is 7.12. The average molecular weight is 502 g/mol. The molecule has 1 aliphatic heterocycles. The number of carbonyl (C=O) groups is 2. The number of thiophene rings is 1. The Morgan fingerprint density at radius 2 is 1.89 bits per heavy atom. The summed E-state index contributed by atoms with van der Waals surface area (Å²) in [6, 6.07) is 9.28. The van der Waals surface area contributed by atoms with E-state index < -0.39 is 0 Å². The van der Waals surface area contributed by atoms with Crippen LogP contribution in [0.1, 0.15) is 50.1 Å². The first-order valence-corrected chi connectivity index (χ1v) is 12.5. The molecule has 190 valence electrons. The summed E-state index contributed by atoms with van der Waals surface area (Å²) in [6.07, 6.45) is 0.905. The molecule has 0 unspecified atom stereocenters. The second-order valence-corrected chi connectivity index (χ2v) is 10.6. The number of benzene rings is 1. The fourth-order valence-corrected chi connectivity index (χ4v) is 4.67. The van der Waals surface area contributed by atoms with Gasteiger partial charge in [0.2, 0.25) is 5.91 Å². The van der Waals surface area contributed by atoms with Crippen LogP contribution in [0.4, 0.5) is 0 Å². The minimum Gasteiger partial charge on any atom is -0.493 e. The Hall–Kier alpha value is -2.91. The molecule has 1 aromatic carbocycles. The molecule has 0 saturated carbocycles. The van der Waals surface area contributed by atoms with E-state index in [-0.39, 0.29) is 29.8 Å². The summed E-state index contributed by atoms with van der Waals surface area (Å²) in [5.41, 5.74) is 1.54. The molecule has 0 saturated heterocycles. The lowest BCUT2D eigenvalue weighted by Gasteiger charge is -2.29. The second-order valence-electron chi connectivity index (χ2n) is 9.64. The lowest BCUT2D eigenvalue weighted by atomic mass is 9.91. The van der Waals surface area contributed by atoms with Crippen molar-refractivity contribution in [2.24, 2.45) is 10.5 Å². The van der Waals surface area contributed by atoms with Gasteiger partial charge in [0.15, 0.2) is 11.5 Å². The summed E-state index contributed by atoms with van der Waals surface area (Å²) in [6.45, 7) is 6.65. The van der Waals surface area contributed by atoms with E-state index in [4.69, 9.17) is 19.3 Å². The van der Waals surface area contributed by atoms with Gasteiger partial charge in [0.1, 0.15) is 6.54 Å². The summed E-state index contributed by atoms with van der Waals surface area (Å²) in [5.74, 6) is 0.885. The zero-order valence-corrected chi connectivity index (χ0v) is 22.2. The van der Waals surface area contributed by atoms with Gasteiger partial charge in [-0.25, -0.2) is 5.01 Å². The third-order valence-corrected chi connectivity index (χ3v) is 6.61. The first-order valence-electron chi connectivity index (χ1n) is 11.6. The maximum atomic E-state index is 13.6. The van der Waals surface area contributed by atoms with E-state index in [1.54, 1.807) is 37.6 Å². The van der Waals surface area contributed by atoms with E-state index in [2.05, 4.69) is 0 Å². The molecular weight excluding hydrogens is 466 g/mol. The number of nitrogens with zero attached hydrogens (tertiary/aromatic N) is 3. The molecule has 2 heterocycles. The molecule has 3 rings (SSSR count). The van der Waals surface area contributed by atoms with Gasteiger partial charge in [-0.1, -0.05) is 32.9 Å². The van der Waals surface area contributed by atoms with E-state index in [9.17, 15) is 9.59 Å². The van der Waals surface area contributed by atoms with Crippen molar-refractivity contribution in [3.63, 3.8) is 0 Å². The molecule has 9 heteroatoms. The first kappa shape index (κ1) is 26.7. The predicted octanol–water partition coefficient (Wildman–Crippen LogP) is 4.35. The SMILES string of the molecule is COCCN(CC(=O)N1N=C(c2cccs2)C[C@@H]1c1ccc(OC)c(OC)c1)C(=O)CC(C)(C)C. The van der Waals surface area contributed by atoms with Crippen LogP contribution in [0.2, 0.25) is 0 Å². The lowest BCUT2D eigenvalue weighted by Crippen LogP contribution is -2.43. The smallest absolute Gasteiger partial charge is 0.262 e. The van der Waals surface area contributed by atoms with E-state index in [1.165, 1.54) is 5.01 Å². The Bertz CT molecular complexity index is 1050. The number of hydrogen-bond donors (Lipinski definition) is 0. The normalized spacial score (nSPS) is 15.7. The molecule has 0 aliphatic carbocycles. The van der Waals surface area contributed by atoms with Gasteiger partial charge in [-0.3, -0.25) is 9.59 Å². The van der Waals surface area contributed by atoms with Crippen LogP contribution in [-0.4, -0.2) is 68.5 Å². The third-order valence-electron chi connectivity index (χ3n) is 5.69. The number of amides is 2. The monoisotopic (exact) mass is 501 g/mol. The fraction of sp³-hybridized carbons (Fsp3) is 0.500. The maximum Gasteiger partial charge on any atom is 0.262 e. The number of hydrazone groups is 1. The van der Waals surface area contributed by atoms with Gasteiger partial charge in [-0.05, 0) is 34.6 Å². The Morgan fingerprint density at radius 1 is 1.14 bits per heavy atom. The number of rotatable bonds is 10. The van der Waals surface area contributed by atoms with Gasteiger partial charge in [0.05, 0.1) is 37.5 Å². The van der Waals surface area contributed by atoms with Crippen LogP contribution in [0.15, 0.2) is 40.8 Å². The summed E-state index contributed by atoms with van der Waals surface area (Å²) in [4.78, 5) is 29.2. The van der Waals surface area contributed by atoms with Crippen molar-refractivity contribution in [2.45, 2.75) is 39.7 Å². The summed E-state index contributed by atoms with van der Waals surface area (Å²) in [7, 11) is 4.75. The molecular formula is C26H35N3O5S. The van der Waals surface area contributed by atoms with Crippen LogP contribution >= 0.6 is 11.3 Å². The van der Waals surface area contributed by atoms with E-state index in [0.717, 1.165) is 16.2 Å². The van der Waals surface area contributed by atoms with Crippen LogP contribution in [-0.2, 0) is 14.3 Å². The minimum atomic E-state index is -0.318. The van der Waals surface area contributed by atoms with Crippen LogP contribution < -0.4 is 9.47 Å². The largest absolute Gasteiger partial charge is 0.493 e. The number of ether oxygens (including phenoxy) is 3. The molecule has 1 atom stereocenters. The number of hydrogen-bond acceptors (Lipinski definition) is 7. The van der Waals surface area contributed by atoms with Gasteiger partial charge in [-0.2, -0.15) is 5.10 Å². The van der Waals surface area contributed by atoms with Crippen molar-refractivity contribution in [3.8, 4) is 11.5 Å². The van der Waals surface area contributed by atoms with Crippen LogP contribution in [0.3, 0.4) is 0 Å². The predicted molar refractivity (Wildman–Crippen MR) is 137 cm³/mol. The molecule has 1 aliphatic rings. The lowest BCUT2D eigenvalue weighted by molar-refractivity contribution is -0.143.